The van der Waals surface area contributed by atoms with Gasteiger partial charge in [0.15, 0.2) is 0 Å². The SMILES string of the molecule is CC(C)COCc1cc(Cl)ccc1Cl. The van der Waals surface area contributed by atoms with Crippen molar-refractivity contribution < 1.29 is 4.74 Å². The average Bonchev–Trinajstić information content (AvgIpc) is 2.10. The molecule has 1 aromatic carbocycles. The van der Waals surface area contributed by atoms with Gasteiger partial charge in [-0.05, 0) is 29.7 Å². The van der Waals surface area contributed by atoms with Crippen LogP contribution >= 0.6 is 23.2 Å². The van der Waals surface area contributed by atoms with E-state index in [9.17, 15) is 0 Å². The van der Waals surface area contributed by atoms with E-state index in [2.05, 4.69) is 13.8 Å². The van der Waals surface area contributed by atoms with E-state index in [0.29, 0.717) is 22.6 Å². The second-order valence-electron chi connectivity index (χ2n) is 3.64. The molecule has 0 atom stereocenters. The smallest absolute Gasteiger partial charge is 0.0731 e. The summed E-state index contributed by atoms with van der Waals surface area (Å²) in [4.78, 5) is 0. The third-order valence-electron chi connectivity index (χ3n) is 1.72. The van der Waals surface area contributed by atoms with E-state index >= 15 is 0 Å². The van der Waals surface area contributed by atoms with Crippen LogP contribution in [0, 0.1) is 5.92 Å². The number of halogens is 2. The van der Waals surface area contributed by atoms with Gasteiger partial charge in [0.25, 0.3) is 0 Å². The van der Waals surface area contributed by atoms with Crippen molar-refractivity contribution in [3.63, 3.8) is 0 Å². The Labute approximate surface area is 95.0 Å². The quantitative estimate of drug-likeness (QED) is 0.758. The molecular weight excluding hydrogens is 219 g/mol. The van der Waals surface area contributed by atoms with Crippen LogP contribution in [0.2, 0.25) is 10.0 Å². The Kier molecular flexibility index (Phi) is 4.73. The highest BCUT2D eigenvalue weighted by atomic mass is 35.5. The number of ether oxygens (including phenoxy) is 1. The van der Waals surface area contributed by atoms with Crippen molar-refractivity contribution in [1.29, 1.82) is 0 Å². The molecule has 0 bridgehead atoms. The zero-order chi connectivity index (χ0) is 10.6. The molecule has 0 aliphatic rings. The van der Waals surface area contributed by atoms with Gasteiger partial charge in [0.1, 0.15) is 0 Å². The predicted molar refractivity (Wildman–Crippen MR) is 61.0 cm³/mol. The first-order chi connectivity index (χ1) is 6.59. The number of hydrogen-bond donors (Lipinski definition) is 0. The van der Waals surface area contributed by atoms with Crippen molar-refractivity contribution in [2.45, 2.75) is 20.5 Å². The Morgan fingerprint density at radius 3 is 2.64 bits per heavy atom. The van der Waals surface area contributed by atoms with Crippen LogP contribution in [0.25, 0.3) is 0 Å². The maximum Gasteiger partial charge on any atom is 0.0731 e. The average molecular weight is 233 g/mol. The van der Waals surface area contributed by atoms with Gasteiger partial charge in [0.2, 0.25) is 0 Å². The molecule has 0 amide bonds. The second-order valence-corrected chi connectivity index (χ2v) is 4.49. The highest BCUT2D eigenvalue weighted by Gasteiger charge is 2.02. The van der Waals surface area contributed by atoms with Crippen LogP contribution in [-0.2, 0) is 11.3 Å². The van der Waals surface area contributed by atoms with E-state index in [0.717, 1.165) is 12.2 Å². The molecule has 3 heteroatoms. The molecule has 0 radical (unpaired) electrons. The van der Waals surface area contributed by atoms with Crippen LogP contribution < -0.4 is 0 Å². The fraction of sp³-hybridized carbons (Fsp3) is 0.455. The van der Waals surface area contributed by atoms with Gasteiger partial charge < -0.3 is 4.74 Å². The fourth-order valence-electron chi connectivity index (χ4n) is 1.06. The molecule has 78 valence electrons. The molecule has 1 rings (SSSR count). The Balaban J connectivity index is 2.53. The van der Waals surface area contributed by atoms with E-state index in [1.54, 1.807) is 12.1 Å². The van der Waals surface area contributed by atoms with E-state index < -0.39 is 0 Å². The summed E-state index contributed by atoms with van der Waals surface area (Å²) in [5.74, 6) is 0.535. The molecule has 0 saturated carbocycles. The largest absolute Gasteiger partial charge is 0.376 e. The molecule has 0 fully saturated rings. The normalized spacial score (nSPS) is 10.9. The first-order valence-corrected chi connectivity index (χ1v) is 5.37. The minimum absolute atomic E-state index is 0.525. The van der Waals surface area contributed by atoms with Crippen molar-refractivity contribution in [2.24, 2.45) is 5.92 Å². The summed E-state index contributed by atoms with van der Waals surface area (Å²) in [6, 6.07) is 5.40. The Morgan fingerprint density at radius 2 is 2.00 bits per heavy atom. The van der Waals surface area contributed by atoms with Gasteiger partial charge >= 0.3 is 0 Å². The Morgan fingerprint density at radius 1 is 1.29 bits per heavy atom. The van der Waals surface area contributed by atoms with E-state index in [4.69, 9.17) is 27.9 Å². The van der Waals surface area contributed by atoms with Crippen LogP contribution in [-0.4, -0.2) is 6.61 Å². The third kappa shape index (κ3) is 3.87. The molecule has 1 aromatic rings. The van der Waals surface area contributed by atoms with Gasteiger partial charge in [-0.1, -0.05) is 37.0 Å². The molecule has 0 N–H and O–H groups in total. The van der Waals surface area contributed by atoms with Crippen LogP contribution in [0.1, 0.15) is 19.4 Å². The summed E-state index contributed by atoms with van der Waals surface area (Å²) < 4.78 is 5.47. The standard InChI is InChI=1S/C11H14Cl2O/c1-8(2)6-14-7-9-5-10(12)3-4-11(9)13/h3-5,8H,6-7H2,1-2H3. The summed E-state index contributed by atoms with van der Waals surface area (Å²) >= 11 is 11.8. The molecule has 0 aliphatic heterocycles. The summed E-state index contributed by atoms with van der Waals surface area (Å²) in [6.07, 6.45) is 0. The lowest BCUT2D eigenvalue weighted by molar-refractivity contribution is 0.0971. The monoisotopic (exact) mass is 232 g/mol. The topological polar surface area (TPSA) is 9.23 Å². The molecule has 0 saturated heterocycles. The van der Waals surface area contributed by atoms with Crippen LogP contribution in [0.5, 0.6) is 0 Å². The molecule has 0 heterocycles. The molecule has 0 spiro atoms. The predicted octanol–water partition coefficient (Wildman–Crippen LogP) is 4.17. The third-order valence-corrected chi connectivity index (χ3v) is 2.32. The van der Waals surface area contributed by atoms with Gasteiger partial charge in [-0.15, -0.1) is 0 Å². The zero-order valence-electron chi connectivity index (χ0n) is 8.39. The van der Waals surface area contributed by atoms with Crippen molar-refractivity contribution >= 4 is 23.2 Å². The molecule has 1 nitrogen and oxygen atoms in total. The maximum absolute atomic E-state index is 5.97. The second kappa shape index (κ2) is 5.59. The Bertz CT molecular complexity index is 297. The first-order valence-electron chi connectivity index (χ1n) is 4.61. The minimum Gasteiger partial charge on any atom is -0.376 e. The van der Waals surface area contributed by atoms with E-state index in [1.165, 1.54) is 0 Å². The van der Waals surface area contributed by atoms with Crippen LogP contribution in [0.3, 0.4) is 0 Å². The van der Waals surface area contributed by atoms with Gasteiger partial charge in [-0.2, -0.15) is 0 Å². The first kappa shape index (κ1) is 11.8. The van der Waals surface area contributed by atoms with Gasteiger partial charge in [-0.25, -0.2) is 0 Å². The van der Waals surface area contributed by atoms with Crippen LogP contribution in [0.15, 0.2) is 18.2 Å². The zero-order valence-corrected chi connectivity index (χ0v) is 9.90. The summed E-state index contributed by atoms with van der Waals surface area (Å²) in [6.45, 7) is 5.49. The molecule has 14 heavy (non-hydrogen) atoms. The molecular formula is C11H14Cl2O. The molecule has 0 unspecified atom stereocenters. The molecule has 0 aliphatic carbocycles. The lowest BCUT2D eigenvalue weighted by atomic mass is 10.2. The Hall–Kier alpha value is -0.240. The lowest BCUT2D eigenvalue weighted by Gasteiger charge is -2.08. The number of hydrogen-bond acceptors (Lipinski definition) is 1. The van der Waals surface area contributed by atoms with Gasteiger partial charge in [-0.3, -0.25) is 0 Å². The number of rotatable bonds is 4. The highest BCUT2D eigenvalue weighted by Crippen LogP contribution is 2.21. The summed E-state index contributed by atoms with van der Waals surface area (Å²) in [5.41, 5.74) is 0.944. The van der Waals surface area contributed by atoms with E-state index in [-0.39, 0.29) is 0 Å². The minimum atomic E-state index is 0.525. The molecule has 0 aromatic heterocycles. The van der Waals surface area contributed by atoms with Crippen molar-refractivity contribution in [3.8, 4) is 0 Å². The van der Waals surface area contributed by atoms with Gasteiger partial charge in [0.05, 0.1) is 6.61 Å². The van der Waals surface area contributed by atoms with Crippen LogP contribution in [0.4, 0.5) is 0 Å². The van der Waals surface area contributed by atoms with Gasteiger partial charge in [0, 0.05) is 16.7 Å². The fourth-order valence-corrected chi connectivity index (χ4v) is 1.43. The lowest BCUT2D eigenvalue weighted by Crippen LogP contribution is -2.02. The maximum atomic E-state index is 5.97. The van der Waals surface area contributed by atoms with E-state index in [1.807, 2.05) is 6.07 Å². The highest BCUT2D eigenvalue weighted by molar-refractivity contribution is 6.33. The van der Waals surface area contributed by atoms with Crippen molar-refractivity contribution in [1.82, 2.24) is 0 Å². The summed E-state index contributed by atoms with van der Waals surface area (Å²) in [7, 11) is 0. The van der Waals surface area contributed by atoms with Crippen molar-refractivity contribution in [3.05, 3.63) is 33.8 Å². The summed E-state index contributed by atoms with van der Waals surface area (Å²) in [5, 5.41) is 1.40. The van der Waals surface area contributed by atoms with Crippen molar-refractivity contribution in [2.75, 3.05) is 6.61 Å². The number of benzene rings is 1.